The van der Waals surface area contributed by atoms with E-state index < -0.39 is 56.9 Å². The highest BCUT2D eigenvalue weighted by atomic mass is 35.5. The fourth-order valence-electron chi connectivity index (χ4n) is 12.3. The standard InChI is InChI=1S/C20H19F2N5O2.C19H19N5O.C18H14ClF3N4O2.C18H16F3N5O.C17H14F2N4O2/c1-13-2-4-14(5-3-13)10-27-18(28)7-6-17(25-27)15-8-23-20(24-9-15)26-11-16(12-26)29-19(21)22;1-13-2-4-14(5-3-13)12-24-18(25)9-8-17(23-24)15-10-20-19(21-11-15)22-16-6-7-16;1-11-2-3-12(6-14(11)19)9-26-16(27)5-4-15(25-26)13-7-23-17(24-8-13)28-10-18(20,21)22;1-12-2-4-13(5-3-12)10-26-16(27)7-6-15(25-26)14-8-22-17(23-9-14)24-11-18(19,20)21;1-11-2-4-12(5-3-11)10-23-15(24)7-6-14(22-23)13-8-20-17(21-9-13)25-16(18)19/h2-9,16,19H,10-12H2,1H3;2-5,8-11,16H,6-7,12H2,1H3,(H,20,21,22);2-8H,9-10H2,1H3;2-9H,10-11H2,1H3,(H,22,23,24);2-9,16H,10H2,1H3. The van der Waals surface area contributed by atoms with Crippen molar-refractivity contribution in [3.05, 3.63) is 350 Å². The van der Waals surface area contributed by atoms with Crippen LogP contribution in [0.5, 0.6) is 12.0 Å². The van der Waals surface area contributed by atoms with Crippen molar-refractivity contribution in [1.29, 1.82) is 0 Å². The molecule has 0 amide bonds. The van der Waals surface area contributed by atoms with Crippen molar-refractivity contribution >= 4 is 29.4 Å². The first-order valence-electron chi connectivity index (χ1n) is 41.1. The van der Waals surface area contributed by atoms with Gasteiger partial charge >= 0.3 is 37.6 Å². The maximum atomic E-state index is 12.2. The summed E-state index contributed by atoms with van der Waals surface area (Å²) >= 11 is 6.11. The van der Waals surface area contributed by atoms with Gasteiger partial charge in [0.15, 0.2) is 6.61 Å². The van der Waals surface area contributed by atoms with Gasteiger partial charge in [-0.15, -0.1) is 0 Å². The molecule has 0 radical (unpaired) electrons. The molecule has 1 aliphatic carbocycles. The molecule has 5 aromatic carbocycles. The van der Waals surface area contributed by atoms with Gasteiger partial charge in [-0.3, -0.25) is 24.0 Å². The van der Waals surface area contributed by atoms with E-state index in [4.69, 9.17) is 11.6 Å². The highest BCUT2D eigenvalue weighted by molar-refractivity contribution is 6.31. The summed E-state index contributed by atoms with van der Waals surface area (Å²) in [5.41, 5.74) is 14.4. The predicted molar refractivity (Wildman–Crippen MR) is 476 cm³/mol. The lowest BCUT2D eigenvalue weighted by molar-refractivity contribution is -0.167. The van der Waals surface area contributed by atoms with Gasteiger partial charge < -0.3 is 29.7 Å². The van der Waals surface area contributed by atoms with Crippen LogP contribution in [-0.4, -0.2) is 163 Å². The Bertz CT molecular complexity index is 6620. The molecular weight excluding hydrogens is 1780 g/mol. The van der Waals surface area contributed by atoms with Crippen molar-refractivity contribution in [2.45, 2.75) is 118 Å². The number of nitrogens with zero attached hydrogens (tertiary/aromatic N) is 21. The van der Waals surface area contributed by atoms with Crippen LogP contribution in [0, 0.1) is 34.6 Å². The number of anilines is 3. The summed E-state index contributed by atoms with van der Waals surface area (Å²) in [5.74, 6) is 0.944. The predicted octanol–water partition coefficient (Wildman–Crippen LogP) is 14.5. The first-order chi connectivity index (χ1) is 64.2. The first kappa shape index (κ1) is 96.0. The number of ether oxygens (including phenoxy) is 3. The molecule has 1 saturated carbocycles. The molecule has 0 spiro atoms. The SMILES string of the molecule is Cc1ccc(Cn2nc(-c3cnc(N4CC(OC(F)F)C4)nc3)ccc2=O)cc1.Cc1ccc(Cn2nc(-c3cnc(NC4CC4)nc3)ccc2=O)cc1.Cc1ccc(Cn2nc(-c3cnc(NCC(F)(F)F)nc3)ccc2=O)cc1.Cc1ccc(Cn2nc(-c3cnc(OC(F)F)nc3)ccc2=O)cc1.Cc1ccc(Cn2nc(-c3cnc(OCC(F)(F)F)nc3)ccc2=O)cc1Cl. The average Bonchev–Trinajstić information content (AvgIpc) is 1.25. The topological polar surface area (TPSA) is 358 Å². The number of aromatic nitrogens is 20. The molecule has 42 heteroatoms. The average molecular weight is 1860 g/mol. The monoisotopic (exact) mass is 1860 g/mol. The molecule has 134 heavy (non-hydrogen) atoms. The van der Waals surface area contributed by atoms with Gasteiger partial charge in [0, 0.05) is 144 Å². The Balaban J connectivity index is 0.000000142. The molecule has 2 fully saturated rings. The van der Waals surface area contributed by atoms with E-state index in [1.165, 1.54) is 128 Å². The van der Waals surface area contributed by atoms with Gasteiger partial charge in [-0.1, -0.05) is 143 Å². The Morgan fingerprint density at radius 2 is 0.694 bits per heavy atom. The third-order valence-electron chi connectivity index (χ3n) is 19.7. The Morgan fingerprint density at radius 1 is 0.381 bits per heavy atom. The number of aryl methyl sites for hydroxylation is 5. The van der Waals surface area contributed by atoms with Gasteiger partial charge in [0.2, 0.25) is 17.8 Å². The van der Waals surface area contributed by atoms with Crippen molar-refractivity contribution in [1.82, 2.24) is 98.7 Å². The summed E-state index contributed by atoms with van der Waals surface area (Å²) in [6.45, 7) is 3.71. The van der Waals surface area contributed by atoms with Crippen LogP contribution < -0.4 is 52.8 Å². The molecule has 2 aliphatic rings. The number of hydrogen-bond acceptors (Lipinski definition) is 26. The largest absolute Gasteiger partial charge is 0.454 e. The molecule has 0 atom stereocenters. The summed E-state index contributed by atoms with van der Waals surface area (Å²) in [5, 5.41) is 27.7. The van der Waals surface area contributed by atoms with Crippen LogP contribution in [0.4, 0.5) is 61.7 Å². The van der Waals surface area contributed by atoms with E-state index in [2.05, 4.69) is 100 Å². The molecule has 15 aromatic rings. The zero-order chi connectivity index (χ0) is 95.2. The Labute approximate surface area is 761 Å². The summed E-state index contributed by atoms with van der Waals surface area (Å²) in [7, 11) is 0. The van der Waals surface area contributed by atoms with E-state index >= 15 is 0 Å². The van der Waals surface area contributed by atoms with Crippen molar-refractivity contribution in [3.8, 4) is 68.3 Å². The lowest BCUT2D eigenvalue weighted by atomic mass is 10.1. The van der Waals surface area contributed by atoms with Gasteiger partial charge in [-0.05, 0) is 117 Å². The maximum Gasteiger partial charge on any atom is 0.422 e. The number of benzene rings is 5. The molecular formula is C92H82ClF10N23O8. The van der Waals surface area contributed by atoms with E-state index in [0.717, 1.165) is 55.6 Å². The molecule has 690 valence electrons. The van der Waals surface area contributed by atoms with Crippen LogP contribution in [-0.2, 0) is 37.5 Å². The van der Waals surface area contributed by atoms with Gasteiger partial charge in [-0.2, -0.15) is 69.4 Å². The van der Waals surface area contributed by atoms with E-state index in [1.807, 2.05) is 144 Å². The molecule has 2 N–H and O–H groups in total. The molecule has 1 saturated heterocycles. The van der Waals surface area contributed by atoms with Gasteiger partial charge in [0.1, 0.15) is 6.54 Å². The number of alkyl halides is 10. The van der Waals surface area contributed by atoms with E-state index in [-0.39, 0.29) is 40.3 Å². The minimum Gasteiger partial charge on any atom is -0.454 e. The zero-order valence-corrected chi connectivity index (χ0v) is 72.7. The van der Waals surface area contributed by atoms with Crippen molar-refractivity contribution in [2.24, 2.45) is 0 Å². The molecule has 10 aromatic heterocycles. The van der Waals surface area contributed by atoms with Crippen molar-refractivity contribution in [3.63, 3.8) is 0 Å². The van der Waals surface area contributed by atoms with Gasteiger partial charge in [0.25, 0.3) is 27.8 Å². The molecule has 17 rings (SSSR count). The number of nitrogens with one attached hydrogen (secondary N) is 2. The highest BCUT2D eigenvalue weighted by Gasteiger charge is 2.33. The summed E-state index contributed by atoms with van der Waals surface area (Å²) < 4.78 is 142. The maximum absolute atomic E-state index is 12.2. The summed E-state index contributed by atoms with van der Waals surface area (Å²) in [6, 6.07) is 51.6. The molecule has 0 bridgehead atoms. The Kier molecular flexibility index (Phi) is 31.8. The smallest absolute Gasteiger partial charge is 0.422 e. The quantitative estimate of drug-likeness (QED) is 0.0475. The lowest BCUT2D eigenvalue weighted by Crippen LogP contribution is -2.53. The van der Waals surface area contributed by atoms with Crippen LogP contribution in [0.25, 0.3) is 56.3 Å². The van der Waals surface area contributed by atoms with Crippen LogP contribution in [0.15, 0.2) is 262 Å². The highest BCUT2D eigenvalue weighted by Crippen LogP contribution is 2.28. The molecule has 0 unspecified atom stereocenters. The van der Waals surface area contributed by atoms with Crippen LogP contribution in [0.2, 0.25) is 5.02 Å². The van der Waals surface area contributed by atoms with Gasteiger partial charge in [0.05, 0.1) is 67.3 Å². The summed E-state index contributed by atoms with van der Waals surface area (Å²) in [4.78, 5) is 102. The van der Waals surface area contributed by atoms with Crippen LogP contribution >= 0.6 is 11.6 Å². The molecule has 1 aliphatic heterocycles. The van der Waals surface area contributed by atoms with Crippen LogP contribution in [0.1, 0.15) is 68.5 Å². The second-order valence-corrected chi connectivity index (χ2v) is 31.0. The second-order valence-electron chi connectivity index (χ2n) is 30.6. The minimum absolute atomic E-state index is 0.128. The Hall–Kier alpha value is -15.6. The van der Waals surface area contributed by atoms with E-state index in [0.29, 0.717) is 113 Å². The van der Waals surface area contributed by atoms with E-state index in [9.17, 15) is 67.9 Å². The van der Waals surface area contributed by atoms with Crippen LogP contribution in [0.3, 0.4) is 0 Å². The summed E-state index contributed by atoms with van der Waals surface area (Å²) in [6.07, 6.45) is 7.59. The fourth-order valence-corrected chi connectivity index (χ4v) is 12.5. The second kappa shape index (κ2) is 44.4. The third kappa shape index (κ3) is 29.0. The zero-order valence-electron chi connectivity index (χ0n) is 71.9. The van der Waals surface area contributed by atoms with E-state index in [1.54, 1.807) is 47.9 Å². The normalized spacial score (nSPS) is 12.4. The molecule has 31 nitrogen and oxygen atoms in total. The number of hydrogen-bond donors (Lipinski definition) is 2. The number of halogens is 11. The number of rotatable bonds is 26. The lowest BCUT2D eigenvalue weighted by Gasteiger charge is -2.38. The third-order valence-corrected chi connectivity index (χ3v) is 20.1. The van der Waals surface area contributed by atoms with Crippen molar-refractivity contribution in [2.75, 3.05) is 41.8 Å². The molecule has 11 heterocycles. The van der Waals surface area contributed by atoms with Crippen molar-refractivity contribution < 1.29 is 58.1 Å². The minimum atomic E-state index is -4.47. The first-order valence-corrected chi connectivity index (χ1v) is 41.5. The van der Waals surface area contributed by atoms with Gasteiger partial charge in [-0.25, -0.2) is 73.2 Å². The fraction of sp³-hybridized carbons (Fsp3) is 0.239. The Morgan fingerprint density at radius 3 is 1.01 bits per heavy atom.